The number of carbonyl (C=O) groups is 1. The van der Waals surface area contributed by atoms with Gasteiger partial charge < -0.3 is 10.1 Å². The summed E-state index contributed by atoms with van der Waals surface area (Å²) in [6.45, 7) is 2.36. The molecule has 0 spiro atoms. The summed E-state index contributed by atoms with van der Waals surface area (Å²) in [5.74, 6) is 0.797. The molecule has 1 heterocycles. The lowest BCUT2D eigenvalue weighted by molar-refractivity contribution is -0.113. The van der Waals surface area contributed by atoms with Crippen LogP contribution < -0.4 is 5.32 Å². The van der Waals surface area contributed by atoms with Gasteiger partial charge in [-0.05, 0) is 25.1 Å². The third-order valence-electron chi connectivity index (χ3n) is 2.52. The summed E-state index contributed by atoms with van der Waals surface area (Å²) in [7, 11) is 0. The summed E-state index contributed by atoms with van der Waals surface area (Å²) >= 11 is 5.12. The lowest BCUT2D eigenvalue weighted by atomic mass is 10.0. The van der Waals surface area contributed by atoms with Crippen LogP contribution in [0.4, 0.5) is 5.82 Å². The maximum atomic E-state index is 12.2. The molecule has 0 saturated carbocycles. The van der Waals surface area contributed by atoms with E-state index in [9.17, 15) is 4.79 Å². The van der Waals surface area contributed by atoms with Crippen LogP contribution in [0.2, 0.25) is 0 Å². The predicted octanol–water partition coefficient (Wildman–Crippen LogP) is 2.64. The minimum absolute atomic E-state index is 0.235. The highest BCUT2D eigenvalue weighted by molar-refractivity contribution is 7.80. The molecular weight excluding hydrogens is 260 g/mol. The van der Waals surface area contributed by atoms with Crippen LogP contribution in [0.5, 0.6) is 0 Å². The molecule has 1 aliphatic carbocycles. The number of hydrogen-bond acceptors (Lipinski definition) is 4. The van der Waals surface area contributed by atoms with Crippen LogP contribution in [0.1, 0.15) is 13.3 Å². The van der Waals surface area contributed by atoms with E-state index in [0.29, 0.717) is 30.2 Å². The molecule has 0 unspecified atom stereocenters. The van der Waals surface area contributed by atoms with Crippen molar-refractivity contribution in [3.8, 4) is 0 Å². The fraction of sp³-hybridized carbons (Fsp3) is 0.214. The molecule has 0 aliphatic heterocycles. The number of aromatic nitrogens is 1. The van der Waals surface area contributed by atoms with Gasteiger partial charge in [0.1, 0.15) is 11.6 Å². The number of amides is 1. The second kappa shape index (κ2) is 6.24. The van der Waals surface area contributed by atoms with Gasteiger partial charge in [0.25, 0.3) is 5.91 Å². The number of nitrogens with zero attached hydrogens (tertiary/aromatic N) is 1. The van der Waals surface area contributed by atoms with E-state index in [1.807, 2.05) is 13.0 Å². The SMILES string of the molecule is CCOC1=CC(=S)CC=C1C(=O)Nc1ccccn1. The van der Waals surface area contributed by atoms with E-state index in [2.05, 4.69) is 10.3 Å². The summed E-state index contributed by atoms with van der Waals surface area (Å²) in [4.78, 5) is 17.0. The van der Waals surface area contributed by atoms with Crippen LogP contribution in [0, 0.1) is 0 Å². The number of allylic oxidation sites excluding steroid dienone is 2. The molecular formula is C14H14N2O2S. The molecule has 1 amide bonds. The molecule has 98 valence electrons. The lowest BCUT2D eigenvalue weighted by Crippen LogP contribution is -2.20. The van der Waals surface area contributed by atoms with E-state index in [0.717, 1.165) is 4.86 Å². The zero-order valence-electron chi connectivity index (χ0n) is 10.6. The van der Waals surface area contributed by atoms with Gasteiger partial charge in [0.05, 0.1) is 12.2 Å². The number of pyridine rings is 1. The lowest BCUT2D eigenvalue weighted by Gasteiger charge is -2.16. The first-order valence-corrected chi connectivity index (χ1v) is 6.41. The Morgan fingerprint density at radius 2 is 2.37 bits per heavy atom. The number of rotatable bonds is 4. The number of nitrogens with one attached hydrogen (secondary N) is 1. The quantitative estimate of drug-likeness (QED) is 0.858. The first-order valence-electron chi connectivity index (χ1n) is 6.01. The molecule has 2 rings (SSSR count). The maximum Gasteiger partial charge on any atom is 0.260 e. The van der Waals surface area contributed by atoms with Gasteiger partial charge >= 0.3 is 0 Å². The molecule has 19 heavy (non-hydrogen) atoms. The van der Waals surface area contributed by atoms with Gasteiger partial charge in [-0.3, -0.25) is 4.79 Å². The summed E-state index contributed by atoms with van der Waals surface area (Å²) in [6.07, 6.45) is 5.72. The Bertz CT molecular complexity index is 550. The van der Waals surface area contributed by atoms with E-state index in [4.69, 9.17) is 17.0 Å². The van der Waals surface area contributed by atoms with Crippen LogP contribution in [0.3, 0.4) is 0 Å². The zero-order chi connectivity index (χ0) is 13.7. The van der Waals surface area contributed by atoms with Crippen LogP contribution in [-0.2, 0) is 9.53 Å². The van der Waals surface area contributed by atoms with Crippen molar-refractivity contribution in [3.05, 3.63) is 47.9 Å². The molecule has 0 saturated heterocycles. The average molecular weight is 274 g/mol. The molecule has 1 aromatic heterocycles. The van der Waals surface area contributed by atoms with E-state index < -0.39 is 0 Å². The summed E-state index contributed by atoms with van der Waals surface area (Å²) < 4.78 is 5.45. The highest BCUT2D eigenvalue weighted by Gasteiger charge is 2.19. The van der Waals surface area contributed by atoms with Crippen molar-refractivity contribution in [1.82, 2.24) is 4.98 Å². The highest BCUT2D eigenvalue weighted by atomic mass is 32.1. The van der Waals surface area contributed by atoms with E-state index in [-0.39, 0.29) is 5.91 Å². The normalized spacial score (nSPS) is 14.5. The number of hydrogen-bond donors (Lipinski definition) is 1. The van der Waals surface area contributed by atoms with Crippen LogP contribution in [0.15, 0.2) is 47.9 Å². The molecule has 4 nitrogen and oxygen atoms in total. The van der Waals surface area contributed by atoms with E-state index in [1.54, 1.807) is 30.5 Å². The van der Waals surface area contributed by atoms with Gasteiger partial charge in [-0.15, -0.1) is 0 Å². The minimum Gasteiger partial charge on any atom is -0.493 e. The maximum absolute atomic E-state index is 12.2. The molecule has 1 aliphatic rings. The third kappa shape index (κ3) is 3.48. The third-order valence-corrected chi connectivity index (χ3v) is 2.80. The molecule has 0 bridgehead atoms. The Kier molecular flexibility index (Phi) is 4.41. The van der Waals surface area contributed by atoms with Crippen LogP contribution in [-0.4, -0.2) is 22.4 Å². The standard InChI is InChI=1S/C14H14N2O2S/c1-2-18-12-9-10(19)6-7-11(12)14(17)16-13-5-3-4-8-15-13/h3-5,7-9H,2,6H2,1H3,(H,15,16,17). The van der Waals surface area contributed by atoms with Crippen LogP contribution in [0.25, 0.3) is 0 Å². The first kappa shape index (κ1) is 13.4. The monoisotopic (exact) mass is 274 g/mol. The van der Waals surface area contributed by atoms with E-state index >= 15 is 0 Å². The van der Waals surface area contributed by atoms with Crippen molar-refractivity contribution in [2.45, 2.75) is 13.3 Å². The molecule has 1 N–H and O–H groups in total. The number of thiocarbonyl (C=S) groups is 1. The van der Waals surface area contributed by atoms with Gasteiger partial charge in [-0.2, -0.15) is 0 Å². The average Bonchev–Trinajstić information content (AvgIpc) is 2.40. The van der Waals surface area contributed by atoms with Crippen molar-refractivity contribution >= 4 is 28.8 Å². The smallest absolute Gasteiger partial charge is 0.260 e. The van der Waals surface area contributed by atoms with Crippen LogP contribution >= 0.6 is 12.2 Å². The number of ether oxygens (including phenoxy) is 1. The fourth-order valence-electron chi connectivity index (χ4n) is 1.69. The molecule has 0 radical (unpaired) electrons. The highest BCUT2D eigenvalue weighted by Crippen LogP contribution is 2.20. The van der Waals surface area contributed by atoms with Gasteiger partial charge in [-0.1, -0.05) is 24.4 Å². The largest absolute Gasteiger partial charge is 0.493 e. The molecule has 1 aromatic rings. The van der Waals surface area contributed by atoms with Crippen molar-refractivity contribution < 1.29 is 9.53 Å². The molecule has 0 aromatic carbocycles. The Hall–Kier alpha value is -2.01. The first-order chi connectivity index (χ1) is 9.20. The Morgan fingerprint density at radius 3 is 3.05 bits per heavy atom. The topological polar surface area (TPSA) is 51.2 Å². The number of anilines is 1. The zero-order valence-corrected chi connectivity index (χ0v) is 11.4. The summed E-state index contributed by atoms with van der Waals surface area (Å²) in [6, 6.07) is 5.34. The Morgan fingerprint density at radius 1 is 1.53 bits per heavy atom. The predicted molar refractivity (Wildman–Crippen MR) is 77.9 cm³/mol. The van der Waals surface area contributed by atoms with Crippen molar-refractivity contribution in [2.75, 3.05) is 11.9 Å². The fourth-order valence-corrected chi connectivity index (χ4v) is 1.88. The summed E-state index contributed by atoms with van der Waals surface area (Å²) in [5.41, 5.74) is 0.501. The van der Waals surface area contributed by atoms with Crippen molar-refractivity contribution in [1.29, 1.82) is 0 Å². The van der Waals surface area contributed by atoms with Gasteiger partial charge in [0.15, 0.2) is 0 Å². The Balaban J connectivity index is 2.14. The second-order valence-electron chi connectivity index (χ2n) is 3.90. The summed E-state index contributed by atoms with van der Waals surface area (Å²) in [5, 5.41) is 2.73. The molecule has 5 heteroatoms. The van der Waals surface area contributed by atoms with Crippen molar-refractivity contribution in [2.24, 2.45) is 0 Å². The van der Waals surface area contributed by atoms with E-state index in [1.165, 1.54) is 0 Å². The molecule has 0 atom stereocenters. The Labute approximate surface area is 117 Å². The molecule has 0 fully saturated rings. The van der Waals surface area contributed by atoms with Gasteiger partial charge in [0.2, 0.25) is 0 Å². The van der Waals surface area contributed by atoms with Gasteiger partial charge in [0, 0.05) is 17.5 Å². The number of carbonyl (C=O) groups excluding carboxylic acids is 1. The van der Waals surface area contributed by atoms with Gasteiger partial charge in [-0.25, -0.2) is 4.98 Å². The second-order valence-corrected chi connectivity index (χ2v) is 4.42. The van der Waals surface area contributed by atoms with Crippen molar-refractivity contribution in [3.63, 3.8) is 0 Å². The minimum atomic E-state index is -0.235.